The molecule has 1 saturated heterocycles. The van der Waals surface area contributed by atoms with E-state index in [-0.39, 0.29) is 17.0 Å². The number of hydrogen-bond donors (Lipinski definition) is 1. The zero-order valence-corrected chi connectivity index (χ0v) is 18.2. The van der Waals surface area contributed by atoms with E-state index >= 15 is 0 Å². The average Bonchev–Trinajstić information content (AvgIpc) is 2.76. The van der Waals surface area contributed by atoms with E-state index in [1.54, 1.807) is 22.8 Å². The van der Waals surface area contributed by atoms with Crippen molar-refractivity contribution in [3.8, 4) is 11.8 Å². The molecule has 7 nitrogen and oxygen atoms in total. The van der Waals surface area contributed by atoms with Crippen LogP contribution in [0.1, 0.15) is 29.2 Å². The predicted molar refractivity (Wildman–Crippen MR) is 118 cm³/mol. The highest BCUT2D eigenvalue weighted by molar-refractivity contribution is 6.30. The number of nitrogens with two attached hydrogens (primary N) is 1. The maximum atomic E-state index is 13.6. The smallest absolute Gasteiger partial charge is 0.258 e. The van der Waals surface area contributed by atoms with Gasteiger partial charge in [-0.25, -0.2) is 0 Å². The number of aryl methyl sites for hydroxylation is 1. The number of allylic oxidation sites excluding steroid dienone is 1. The summed E-state index contributed by atoms with van der Waals surface area (Å²) >= 11 is 6.20. The second kappa shape index (κ2) is 9.15. The van der Waals surface area contributed by atoms with Crippen molar-refractivity contribution in [1.29, 1.82) is 5.26 Å². The van der Waals surface area contributed by atoms with Crippen LogP contribution < -0.4 is 16.0 Å². The minimum atomic E-state index is -0.619. The van der Waals surface area contributed by atoms with Crippen LogP contribution in [0.3, 0.4) is 0 Å². The summed E-state index contributed by atoms with van der Waals surface area (Å²) in [6.45, 7) is 6.70. The maximum absolute atomic E-state index is 13.6. The second-order valence-corrected chi connectivity index (χ2v) is 8.24. The Bertz CT molecular complexity index is 1110. The van der Waals surface area contributed by atoms with E-state index in [9.17, 15) is 10.1 Å². The van der Waals surface area contributed by atoms with Crippen molar-refractivity contribution in [1.82, 2.24) is 9.47 Å². The Kier molecular flexibility index (Phi) is 6.33. The summed E-state index contributed by atoms with van der Waals surface area (Å²) in [7, 11) is 0. The topological polar surface area (TPSA) is 93.5 Å². The SMILES string of the molecule is Cc1cc2c(c(=O)n1CCCN1CCOCC1)C(c1cccc(Cl)c1)C(C#N)=C(N)O2. The van der Waals surface area contributed by atoms with Crippen molar-refractivity contribution in [2.45, 2.75) is 25.8 Å². The monoisotopic (exact) mass is 440 g/mol. The van der Waals surface area contributed by atoms with Gasteiger partial charge < -0.3 is 19.8 Å². The van der Waals surface area contributed by atoms with Crippen molar-refractivity contribution in [3.05, 3.63) is 74.0 Å². The summed E-state index contributed by atoms with van der Waals surface area (Å²) in [4.78, 5) is 15.9. The molecule has 2 N–H and O–H groups in total. The van der Waals surface area contributed by atoms with Gasteiger partial charge in [0.2, 0.25) is 5.88 Å². The fourth-order valence-corrected chi connectivity index (χ4v) is 4.46. The molecule has 2 aromatic rings. The van der Waals surface area contributed by atoms with Crippen LogP contribution in [-0.4, -0.2) is 42.3 Å². The van der Waals surface area contributed by atoms with Gasteiger partial charge >= 0.3 is 0 Å². The standard InChI is InChI=1S/C23H25ClN4O3/c1-15-12-19-21(23(29)28(15)7-3-6-27-8-10-30-11-9-27)20(18(14-25)22(26)31-19)16-4-2-5-17(24)13-16/h2,4-5,12-13,20H,3,6-11,26H2,1H3. The summed E-state index contributed by atoms with van der Waals surface area (Å²) in [6, 6.07) is 11.1. The van der Waals surface area contributed by atoms with Gasteiger partial charge in [-0.3, -0.25) is 9.69 Å². The number of hydrogen-bond acceptors (Lipinski definition) is 6. The molecule has 1 fully saturated rings. The molecule has 0 spiro atoms. The van der Waals surface area contributed by atoms with Crippen LogP contribution in [0.5, 0.6) is 5.75 Å². The van der Waals surface area contributed by atoms with E-state index in [0.29, 0.717) is 22.9 Å². The highest BCUT2D eigenvalue weighted by Crippen LogP contribution is 2.40. The first-order valence-electron chi connectivity index (χ1n) is 10.4. The number of morpholine rings is 1. The summed E-state index contributed by atoms with van der Waals surface area (Å²) in [6.07, 6.45) is 0.839. The molecular formula is C23H25ClN4O3. The molecule has 0 aliphatic carbocycles. The quantitative estimate of drug-likeness (QED) is 0.768. The van der Waals surface area contributed by atoms with Gasteiger partial charge in [0.25, 0.3) is 5.56 Å². The van der Waals surface area contributed by atoms with E-state index in [2.05, 4.69) is 11.0 Å². The molecule has 1 aromatic carbocycles. The van der Waals surface area contributed by atoms with Gasteiger partial charge in [-0.1, -0.05) is 23.7 Å². The Morgan fingerprint density at radius 1 is 1.26 bits per heavy atom. The lowest BCUT2D eigenvalue weighted by molar-refractivity contribution is 0.0369. The third-order valence-electron chi connectivity index (χ3n) is 5.83. The third kappa shape index (κ3) is 4.33. The van der Waals surface area contributed by atoms with E-state index in [1.165, 1.54) is 0 Å². The van der Waals surface area contributed by atoms with E-state index in [1.807, 2.05) is 19.1 Å². The molecule has 162 valence electrons. The number of nitrogens with zero attached hydrogens (tertiary/aromatic N) is 3. The molecule has 0 bridgehead atoms. The van der Waals surface area contributed by atoms with Gasteiger partial charge in [-0.15, -0.1) is 0 Å². The van der Waals surface area contributed by atoms with Crippen LogP contribution >= 0.6 is 11.6 Å². The minimum Gasteiger partial charge on any atom is -0.440 e. The van der Waals surface area contributed by atoms with Gasteiger partial charge in [-0.2, -0.15) is 5.26 Å². The number of aromatic nitrogens is 1. The minimum absolute atomic E-state index is 0.0174. The van der Waals surface area contributed by atoms with Gasteiger partial charge in [0.05, 0.1) is 24.7 Å². The molecule has 2 aliphatic heterocycles. The molecule has 0 radical (unpaired) electrons. The van der Waals surface area contributed by atoms with Gasteiger partial charge in [-0.05, 0) is 31.0 Å². The molecule has 1 unspecified atom stereocenters. The highest BCUT2D eigenvalue weighted by atomic mass is 35.5. The van der Waals surface area contributed by atoms with Crippen LogP contribution in [0.2, 0.25) is 5.02 Å². The zero-order chi connectivity index (χ0) is 22.0. The van der Waals surface area contributed by atoms with Gasteiger partial charge in [0.1, 0.15) is 17.4 Å². The number of ether oxygens (including phenoxy) is 2. The summed E-state index contributed by atoms with van der Waals surface area (Å²) in [5, 5.41) is 10.3. The first kappa shape index (κ1) is 21.4. The number of benzene rings is 1. The highest BCUT2D eigenvalue weighted by Gasteiger charge is 2.34. The number of halogens is 1. The fourth-order valence-electron chi connectivity index (χ4n) is 4.26. The lowest BCUT2D eigenvalue weighted by Crippen LogP contribution is -2.38. The second-order valence-electron chi connectivity index (χ2n) is 7.81. The fraction of sp³-hybridized carbons (Fsp3) is 0.391. The van der Waals surface area contributed by atoms with Crippen LogP contribution in [0.4, 0.5) is 0 Å². The Balaban J connectivity index is 1.70. The Hall–Kier alpha value is -2.79. The first-order valence-corrected chi connectivity index (χ1v) is 10.7. The number of rotatable bonds is 5. The Morgan fingerprint density at radius 2 is 2.03 bits per heavy atom. The summed E-state index contributed by atoms with van der Waals surface area (Å²) < 4.78 is 12.9. The Labute approximate surface area is 186 Å². The summed E-state index contributed by atoms with van der Waals surface area (Å²) in [5.74, 6) is -0.205. The molecule has 4 rings (SSSR count). The van der Waals surface area contributed by atoms with Crippen molar-refractivity contribution >= 4 is 11.6 Å². The first-order chi connectivity index (χ1) is 15.0. The molecule has 2 aliphatic rings. The van der Waals surface area contributed by atoms with Crippen LogP contribution in [0.15, 0.2) is 46.6 Å². The number of pyridine rings is 1. The molecule has 31 heavy (non-hydrogen) atoms. The number of nitriles is 1. The van der Waals surface area contributed by atoms with Crippen molar-refractivity contribution in [2.75, 3.05) is 32.8 Å². The molecule has 0 saturated carbocycles. The average molecular weight is 441 g/mol. The van der Waals surface area contributed by atoms with Crippen LogP contribution in [0.25, 0.3) is 0 Å². The molecule has 3 heterocycles. The predicted octanol–water partition coefficient (Wildman–Crippen LogP) is 2.75. The van der Waals surface area contributed by atoms with E-state index in [4.69, 9.17) is 26.8 Å². The Morgan fingerprint density at radius 3 is 2.74 bits per heavy atom. The largest absolute Gasteiger partial charge is 0.440 e. The molecular weight excluding hydrogens is 416 g/mol. The lowest BCUT2D eigenvalue weighted by Gasteiger charge is -2.28. The third-order valence-corrected chi connectivity index (χ3v) is 6.07. The van der Waals surface area contributed by atoms with Crippen LogP contribution in [-0.2, 0) is 11.3 Å². The van der Waals surface area contributed by atoms with Crippen molar-refractivity contribution in [2.24, 2.45) is 5.73 Å². The van der Waals surface area contributed by atoms with Crippen molar-refractivity contribution in [3.63, 3.8) is 0 Å². The van der Waals surface area contributed by atoms with Crippen molar-refractivity contribution < 1.29 is 9.47 Å². The van der Waals surface area contributed by atoms with Gasteiger partial charge in [0, 0.05) is 43.0 Å². The summed E-state index contributed by atoms with van der Waals surface area (Å²) in [5.41, 5.74) is 8.05. The lowest BCUT2D eigenvalue weighted by atomic mass is 9.84. The van der Waals surface area contributed by atoms with Crippen LogP contribution in [0, 0.1) is 18.3 Å². The maximum Gasteiger partial charge on any atom is 0.258 e. The van der Waals surface area contributed by atoms with Gasteiger partial charge in [0.15, 0.2) is 0 Å². The number of fused-ring (bicyclic) bond motifs is 1. The molecule has 8 heteroatoms. The molecule has 1 atom stereocenters. The molecule has 1 aromatic heterocycles. The molecule has 0 amide bonds. The zero-order valence-electron chi connectivity index (χ0n) is 17.4. The van der Waals surface area contributed by atoms with E-state index in [0.717, 1.165) is 50.5 Å². The normalized spacial score (nSPS) is 18.9. The van der Waals surface area contributed by atoms with E-state index < -0.39 is 5.92 Å².